The van der Waals surface area contributed by atoms with E-state index in [-0.39, 0.29) is 17.0 Å². The average Bonchev–Trinajstić information content (AvgIpc) is 3.21. The summed E-state index contributed by atoms with van der Waals surface area (Å²) in [6.45, 7) is -3.04. The number of nitrogens with one attached hydrogen (secondary N) is 1. The Morgan fingerprint density at radius 1 is 1.07 bits per heavy atom. The number of halogens is 2. The van der Waals surface area contributed by atoms with E-state index in [2.05, 4.69) is 15.2 Å². The van der Waals surface area contributed by atoms with Crippen molar-refractivity contribution in [3.05, 3.63) is 78.1 Å². The predicted octanol–water partition coefficient (Wildman–Crippen LogP) is 3.33. The molecule has 3 rings (SSSR count). The average molecular weight is 401 g/mol. The number of hydrogen-bond donors (Lipinski definition) is 1. The molecule has 0 bridgehead atoms. The minimum absolute atomic E-state index is 0.0526. The molecule has 0 saturated carbocycles. The zero-order valence-corrected chi connectivity index (χ0v) is 15.1. The number of aromatic nitrogens is 2. The normalized spacial score (nSPS) is 10.6. The lowest BCUT2D eigenvalue weighted by molar-refractivity contribution is -0.119. The molecule has 0 aliphatic carbocycles. The largest absolute Gasteiger partial charge is 0.452 e. The monoisotopic (exact) mass is 401 g/mol. The van der Waals surface area contributed by atoms with E-state index in [0.717, 1.165) is 5.56 Å². The Morgan fingerprint density at radius 2 is 1.83 bits per heavy atom. The van der Waals surface area contributed by atoms with Gasteiger partial charge in [-0.3, -0.25) is 9.48 Å². The number of anilines is 1. The van der Waals surface area contributed by atoms with Crippen molar-refractivity contribution in [1.82, 2.24) is 9.78 Å². The zero-order chi connectivity index (χ0) is 20.6. The molecule has 0 aliphatic heterocycles. The van der Waals surface area contributed by atoms with E-state index in [0.29, 0.717) is 6.54 Å². The summed E-state index contributed by atoms with van der Waals surface area (Å²) in [6, 6.07) is 14.2. The molecule has 9 heteroatoms. The van der Waals surface area contributed by atoms with Crippen molar-refractivity contribution in [2.45, 2.75) is 13.2 Å². The molecule has 0 saturated heterocycles. The van der Waals surface area contributed by atoms with Crippen molar-refractivity contribution in [2.24, 2.45) is 0 Å². The van der Waals surface area contributed by atoms with Crippen molar-refractivity contribution < 1.29 is 27.8 Å². The number of ether oxygens (including phenoxy) is 2. The zero-order valence-electron chi connectivity index (χ0n) is 15.1. The van der Waals surface area contributed by atoms with E-state index >= 15 is 0 Å². The standard InChI is InChI=1S/C20H17F2N3O4/c21-20(22)29-17-5-2-1-4-16(17)24-18(26)13-28-19(27)15-8-6-14(7-9-15)12-25-11-3-10-23-25/h1-11,20H,12-13H2,(H,24,26). The fourth-order valence-electron chi connectivity index (χ4n) is 2.50. The van der Waals surface area contributed by atoms with Gasteiger partial charge in [0, 0.05) is 12.4 Å². The number of carbonyl (C=O) groups excluding carboxylic acids is 2. The highest BCUT2D eigenvalue weighted by Crippen LogP contribution is 2.25. The van der Waals surface area contributed by atoms with Crippen LogP contribution in [0.15, 0.2) is 67.0 Å². The highest BCUT2D eigenvalue weighted by Gasteiger charge is 2.14. The van der Waals surface area contributed by atoms with Crippen LogP contribution in [0.4, 0.5) is 14.5 Å². The first-order chi connectivity index (χ1) is 14.0. The van der Waals surface area contributed by atoms with Crippen LogP contribution >= 0.6 is 0 Å². The SMILES string of the molecule is O=C(COC(=O)c1ccc(Cn2cccn2)cc1)Nc1ccccc1OC(F)F. The van der Waals surface area contributed by atoms with Crippen molar-refractivity contribution in [3.63, 3.8) is 0 Å². The Bertz CT molecular complexity index is 960. The van der Waals surface area contributed by atoms with Gasteiger partial charge in [0.2, 0.25) is 0 Å². The summed E-state index contributed by atoms with van der Waals surface area (Å²) in [6.07, 6.45) is 3.50. The topological polar surface area (TPSA) is 82.5 Å². The van der Waals surface area contributed by atoms with Crippen LogP contribution < -0.4 is 10.1 Å². The first kappa shape index (κ1) is 20.0. The molecule has 1 aromatic heterocycles. The molecule has 2 aromatic carbocycles. The highest BCUT2D eigenvalue weighted by atomic mass is 19.3. The second-order valence-corrected chi connectivity index (χ2v) is 5.90. The molecule has 1 heterocycles. The molecule has 3 aromatic rings. The minimum Gasteiger partial charge on any atom is -0.452 e. The van der Waals surface area contributed by atoms with Crippen molar-refractivity contribution >= 4 is 17.6 Å². The molecular formula is C20H17F2N3O4. The van der Waals surface area contributed by atoms with Crippen LogP contribution in [0.3, 0.4) is 0 Å². The maximum Gasteiger partial charge on any atom is 0.387 e. The second-order valence-electron chi connectivity index (χ2n) is 5.90. The van der Waals surface area contributed by atoms with Gasteiger partial charge in [0.1, 0.15) is 5.75 Å². The lowest BCUT2D eigenvalue weighted by atomic mass is 10.1. The van der Waals surface area contributed by atoms with E-state index in [4.69, 9.17) is 4.74 Å². The Labute approximate surface area is 164 Å². The van der Waals surface area contributed by atoms with Gasteiger partial charge in [-0.2, -0.15) is 13.9 Å². The molecule has 150 valence electrons. The van der Waals surface area contributed by atoms with Crippen LogP contribution in [0.5, 0.6) is 5.75 Å². The molecule has 1 amide bonds. The third-order valence-electron chi connectivity index (χ3n) is 3.80. The van der Waals surface area contributed by atoms with Gasteiger partial charge in [-0.1, -0.05) is 24.3 Å². The Hall–Kier alpha value is -3.75. The third-order valence-corrected chi connectivity index (χ3v) is 3.80. The quantitative estimate of drug-likeness (QED) is 0.586. The van der Waals surface area contributed by atoms with E-state index in [9.17, 15) is 18.4 Å². The highest BCUT2D eigenvalue weighted by molar-refractivity contribution is 5.96. The molecule has 1 N–H and O–H groups in total. The van der Waals surface area contributed by atoms with Crippen molar-refractivity contribution in [3.8, 4) is 5.75 Å². The number of alkyl halides is 2. The summed E-state index contributed by atoms with van der Waals surface area (Å²) in [4.78, 5) is 24.1. The number of amides is 1. The van der Waals surface area contributed by atoms with Gasteiger partial charge in [-0.25, -0.2) is 4.79 Å². The first-order valence-corrected chi connectivity index (χ1v) is 8.58. The van der Waals surface area contributed by atoms with Crippen LogP contribution in [-0.2, 0) is 16.1 Å². The number of benzene rings is 2. The van der Waals surface area contributed by atoms with Gasteiger partial charge in [0.15, 0.2) is 6.61 Å². The fourth-order valence-corrected chi connectivity index (χ4v) is 2.50. The number of hydrogen-bond acceptors (Lipinski definition) is 5. The van der Waals surface area contributed by atoms with Crippen LogP contribution in [0, 0.1) is 0 Å². The molecule has 7 nitrogen and oxygen atoms in total. The molecule has 29 heavy (non-hydrogen) atoms. The number of nitrogens with zero attached hydrogens (tertiary/aromatic N) is 2. The number of esters is 1. The van der Waals surface area contributed by atoms with Gasteiger partial charge in [-0.05, 0) is 35.9 Å². The Balaban J connectivity index is 1.52. The van der Waals surface area contributed by atoms with E-state index in [1.807, 2.05) is 12.3 Å². The molecule has 0 radical (unpaired) electrons. The molecular weight excluding hydrogens is 384 g/mol. The second kappa shape index (κ2) is 9.45. The molecule has 0 unspecified atom stereocenters. The predicted molar refractivity (Wildman–Crippen MR) is 99.8 cm³/mol. The summed E-state index contributed by atoms with van der Waals surface area (Å²) in [7, 11) is 0. The minimum atomic E-state index is -3.03. The van der Waals surface area contributed by atoms with Crippen LogP contribution in [0.1, 0.15) is 15.9 Å². The van der Waals surface area contributed by atoms with Crippen molar-refractivity contribution in [1.29, 1.82) is 0 Å². The lowest BCUT2D eigenvalue weighted by Gasteiger charge is -2.11. The molecule has 0 atom stereocenters. The third kappa shape index (κ3) is 5.86. The number of para-hydroxylation sites is 2. The van der Waals surface area contributed by atoms with Crippen LogP contribution in [0.2, 0.25) is 0 Å². The fraction of sp³-hybridized carbons (Fsp3) is 0.150. The van der Waals surface area contributed by atoms with Crippen LogP contribution in [-0.4, -0.2) is 34.9 Å². The summed E-state index contributed by atoms with van der Waals surface area (Å²) in [5.74, 6) is -1.54. The summed E-state index contributed by atoms with van der Waals surface area (Å²) in [5.41, 5.74) is 1.28. The van der Waals surface area contributed by atoms with E-state index in [1.54, 1.807) is 41.2 Å². The van der Waals surface area contributed by atoms with Crippen LogP contribution in [0.25, 0.3) is 0 Å². The smallest absolute Gasteiger partial charge is 0.387 e. The van der Waals surface area contributed by atoms with Gasteiger partial charge in [0.05, 0.1) is 17.8 Å². The Kier molecular flexibility index (Phi) is 6.51. The molecule has 0 spiro atoms. The van der Waals surface area contributed by atoms with E-state index < -0.39 is 25.1 Å². The van der Waals surface area contributed by atoms with Gasteiger partial charge in [-0.15, -0.1) is 0 Å². The Morgan fingerprint density at radius 3 is 2.52 bits per heavy atom. The van der Waals surface area contributed by atoms with Gasteiger partial charge in [0.25, 0.3) is 5.91 Å². The number of rotatable bonds is 8. The van der Waals surface area contributed by atoms with Gasteiger partial charge >= 0.3 is 12.6 Å². The maximum absolute atomic E-state index is 12.4. The lowest BCUT2D eigenvalue weighted by Crippen LogP contribution is -2.21. The summed E-state index contributed by atoms with van der Waals surface area (Å²) in [5, 5.41) is 6.48. The van der Waals surface area contributed by atoms with Crippen molar-refractivity contribution in [2.75, 3.05) is 11.9 Å². The molecule has 0 fully saturated rings. The van der Waals surface area contributed by atoms with E-state index in [1.165, 1.54) is 18.2 Å². The maximum atomic E-state index is 12.4. The first-order valence-electron chi connectivity index (χ1n) is 8.58. The van der Waals surface area contributed by atoms with Gasteiger partial charge < -0.3 is 14.8 Å². The summed E-state index contributed by atoms with van der Waals surface area (Å²) < 4.78 is 35.9. The summed E-state index contributed by atoms with van der Waals surface area (Å²) >= 11 is 0. The molecule has 0 aliphatic rings. The number of carbonyl (C=O) groups is 2.